The Bertz CT molecular complexity index is 407. The number of methoxy groups -OCH3 is 2. The van der Waals surface area contributed by atoms with Crippen LogP contribution in [0.2, 0.25) is 5.02 Å². The SMILES string of the molecule is CN=C(N)Nc1cc(OC)c(Cl)cc1OC. The van der Waals surface area contributed by atoms with E-state index in [4.69, 9.17) is 26.8 Å². The molecule has 0 unspecified atom stereocenters. The van der Waals surface area contributed by atoms with E-state index in [1.807, 2.05) is 0 Å². The number of rotatable bonds is 3. The van der Waals surface area contributed by atoms with Crippen molar-refractivity contribution in [2.45, 2.75) is 0 Å². The molecule has 0 saturated heterocycles. The van der Waals surface area contributed by atoms with Crippen LogP contribution in [0.3, 0.4) is 0 Å². The van der Waals surface area contributed by atoms with Crippen molar-refractivity contribution in [3.8, 4) is 11.5 Å². The molecule has 88 valence electrons. The normalized spacial score (nSPS) is 11.1. The predicted molar refractivity (Wildman–Crippen MR) is 65.7 cm³/mol. The minimum absolute atomic E-state index is 0.280. The van der Waals surface area contributed by atoms with Crippen LogP contribution >= 0.6 is 11.6 Å². The minimum atomic E-state index is 0.280. The van der Waals surface area contributed by atoms with Crippen molar-refractivity contribution in [1.29, 1.82) is 0 Å². The zero-order chi connectivity index (χ0) is 12.1. The molecule has 0 spiro atoms. The van der Waals surface area contributed by atoms with Gasteiger partial charge in [-0.2, -0.15) is 0 Å². The van der Waals surface area contributed by atoms with Crippen LogP contribution in [0.4, 0.5) is 5.69 Å². The van der Waals surface area contributed by atoms with E-state index < -0.39 is 0 Å². The van der Waals surface area contributed by atoms with Gasteiger partial charge in [-0.05, 0) is 0 Å². The average molecular weight is 244 g/mol. The summed E-state index contributed by atoms with van der Waals surface area (Å²) in [5, 5.41) is 3.35. The van der Waals surface area contributed by atoms with Gasteiger partial charge in [-0.15, -0.1) is 0 Å². The summed E-state index contributed by atoms with van der Waals surface area (Å²) in [5.41, 5.74) is 6.21. The molecule has 0 amide bonds. The Morgan fingerprint density at radius 1 is 1.31 bits per heavy atom. The molecule has 6 heteroatoms. The summed E-state index contributed by atoms with van der Waals surface area (Å²) in [5.74, 6) is 1.38. The number of guanidine groups is 1. The molecule has 0 aromatic heterocycles. The third kappa shape index (κ3) is 2.70. The number of nitrogens with zero attached hydrogens (tertiary/aromatic N) is 1. The van der Waals surface area contributed by atoms with Crippen molar-refractivity contribution in [2.75, 3.05) is 26.6 Å². The monoisotopic (exact) mass is 243 g/mol. The topological polar surface area (TPSA) is 68.9 Å². The van der Waals surface area contributed by atoms with Crippen LogP contribution in [0.15, 0.2) is 17.1 Å². The molecule has 0 fully saturated rings. The van der Waals surface area contributed by atoms with E-state index in [0.29, 0.717) is 22.2 Å². The number of halogens is 1. The van der Waals surface area contributed by atoms with E-state index in [1.165, 1.54) is 7.11 Å². The van der Waals surface area contributed by atoms with Gasteiger partial charge >= 0.3 is 0 Å². The summed E-state index contributed by atoms with van der Waals surface area (Å²) in [6, 6.07) is 3.34. The molecule has 1 rings (SSSR count). The van der Waals surface area contributed by atoms with Gasteiger partial charge in [0.05, 0.1) is 24.9 Å². The first-order chi connectivity index (χ1) is 7.62. The molecule has 1 aromatic rings. The molecule has 0 radical (unpaired) electrons. The fourth-order valence-electron chi connectivity index (χ4n) is 1.15. The zero-order valence-electron chi connectivity index (χ0n) is 9.37. The third-order valence-corrected chi connectivity index (χ3v) is 2.27. The quantitative estimate of drug-likeness (QED) is 0.627. The number of nitrogens with one attached hydrogen (secondary N) is 1. The highest BCUT2D eigenvalue weighted by Gasteiger charge is 2.10. The summed E-state index contributed by atoms with van der Waals surface area (Å²) >= 11 is 5.96. The Kier molecular flexibility index (Phi) is 4.25. The van der Waals surface area contributed by atoms with E-state index in [-0.39, 0.29) is 5.96 Å². The van der Waals surface area contributed by atoms with Crippen molar-refractivity contribution < 1.29 is 9.47 Å². The van der Waals surface area contributed by atoms with Gasteiger partial charge in [0.2, 0.25) is 0 Å². The molecular formula is C10H14ClN3O2. The predicted octanol–water partition coefficient (Wildman–Crippen LogP) is 1.71. The molecule has 0 bridgehead atoms. The molecule has 0 aliphatic heterocycles. The van der Waals surface area contributed by atoms with E-state index in [0.717, 1.165) is 0 Å². The van der Waals surface area contributed by atoms with Crippen LogP contribution in [-0.2, 0) is 0 Å². The van der Waals surface area contributed by atoms with Gasteiger partial charge < -0.3 is 20.5 Å². The first-order valence-electron chi connectivity index (χ1n) is 4.53. The Morgan fingerprint density at radius 2 is 1.94 bits per heavy atom. The smallest absolute Gasteiger partial charge is 0.192 e. The van der Waals surface area contributed by atoms with E-state index in [2.05, 4.69) is 10.3 Å². The molecule has 1 aromatic carbocycles. The van der Waals surface area contributed by atoms with E-state index in [9.17, 15) is 0 Å². The maximum Gasteiger partial charge on any atom is 0.192 e. The minimum Gasteiger partial charge on any atom is -0.495 e. The highest BCUT2D eigenvalue weighted by Crippen LogP contribution is 2.35. The van der Waals surface area contributed by atoms with Gasteiger partial charge in [-0.25, -0.2) is 0 Å². The maximum atomic E-state index is 5.96. The number of nitrogens with two attached hydrogens (primary N) is 1. The van der Waals surface area contributed by atoms with E-state index in [1.54, 1.807) is 26.3 Å². The molecule has 3 N–H and O–H groups in total. The van der Waals surface area contributed by atoms with Gasteiger partial charge in [0.1, 0.15) is 11.5 Å². The first-order valence-corrected chi connectivity index (χ1v) is 4.91. The molecule has 5 nitrogen and oxygen atoms in total. The number of hydrogen-bond acceptors (Lipinski definition) is 3. The van der Waals surface area contributed by atoms with Gasteiger partial charge in [-0.3, -0.25) is 4.99 Å². The van der Waals surface area contributed by atoms with Crippen molar-refractivity contribution >= 4 is 23.2 Å². The summed E-state index contributed by atoms with van der Waals surface area (Å²) < 4.78 is 10.3. The van der Waals surface area contributed by atoms with Crippen LogP contribution < -0.4 is 20.5 Å². The lowest BCUT2D eigenvalue weighted by Crippen LogP contribution is -2.22. The Labute approximate surface area is 99.2 Å². The maximum absolute atomic E-state index is 5.96. The second kappa shape index (κ2) is 5.46. The Balaban J connectivity index is 3.14. The van der Waals surface area contributed by atoms with Crippen LogP contribution in [0, 0.1) is 0 Å². The van der Waals surface area contributed by atoms with Crippen LogP contribution in [0.25, 0.3) is 0 Å². The fraction of sp³-hybridized carbons (Fsp3) is 0.300. The average Bonchev–Trinajstić information content (AvgIpc) is 2.30. The van der Waals surface area contributed by atoms with Crippen molar-refractivity contribution in [3.63, 3.8) is 0 Å². The summed E-state index contributed by atoms with van der Waals surface area (Å²) in [6.45, 7) is 0. The summed E-state index contributed by atoms with van der Waals surface area (Å²) in [6.07, 6.45) is 0. The molecule has 0 saturated carbocycles. The largest absolute Gasteiger partial charge is 0.495 e. The molecule has 0 aliphatic carbocycles. The molecule has 0 aliphatic rings. The van der Waals surface area contributed by atoms with Gasteiger partial charge in [0, 0.05) is 19.2 Å². The lowest BCUT2D eigenvalue weighted by atomic mass is 10.2. The lowest BCUT2D eigenvalue weighted by molar-refractivity contribution is 0.405. The van der Waals surface area contributed by atoms with Crippen LogP contribution in [0.5, 0.6) is 11.5 Å². The standard InChI is InChI=1S/C10H14ClN3O2/c1-13-10(12)14-7-5-8(15-2)6(11)4-9(7)16-3/h4-5H,1-3H3,(H3,12,13,14). The van der Waals surface area contributed by atoms with Gasteiger partial charge in [-0.1, -0.05) is 11.6 Å². The molecule has 16 heavy (non-hydrogen) atoms. The number of hydrogen-bond donors (Lipinski definition) is 2. The fourth-order valence-corrected chi connectivity index (χ4v) is 1.38. The molecule has 0 atom stereocenters. The van der Waals surface area contributed by atoms with Crippen LogP contribution in [0.1, 0.15) is 0 Å². The number of benzene rings is 1. The number of ether oxygens (including phenoxy) is 2. The van der Waals surface area contributed by atoms with Gasteiger partial charge in [0.25, 0.3) is 0 Å². The highest BCUT2D eigenvalue weighted by atomic mass is 35.5. The summed E-state index contributed by atoms with van der Waals surface area (Å²) in [7, 11) is 4.67. The second-order valence-electron chi connectivity index (χ2n) is 2.92. The van der Waals surface area contributed by atoms with Crippen molar-refractivity contribution in [1.82, 2.24) is 0 Å². The first kappa shape index (κ1) is 12.4. The van der Waals surface area contributed by atoms with Crippen molar-refractivity contribution in [3.05, 3.63) is 17.2 Å². The van der Waals surface area contributed by atoms with Crippen molar-refractivity contribution in [2.24, 2.45) is 10.7 Å². The van der Waals surface area contributed by atoms with Crippen LogP contribution in [-0.4, -0.2) is 27.2 Å². The van der Waals surface area contributed by atoms with Gasteiger partial charge in [0.15, 0.2) is 5.96 Å². The third-order valence-electron chi connectivity index (χ3n) is 1.98. The Morgan fingerprint density at radius 3 is 2.44 bits per heavy atom. The Hall–Kier alpha value is -1.62. The number of aliphatic imine (C=N–C) groups is 1. The second-order valence-corrected chi connectivity index (χ2v) is 3.33. The zero-order valence-corrected chi connectivity index (χ0v) is 10.1. The highest BCUT2D eigenvalue weighted by molar-refractivity contribution is 6.32. The molecule has 0 heterocycles. The molecular weight excluding hydrogens is 230 g/mol. The summed E-state index contributed by atoms with van der Waals surface area (Å²) in [4.78, 5) is 3.79. The number of anilines is 1. The lowest BCUT2D eigenvalue weighted by Gasteiger charge is -2.13. The van der Waals surface area contributed by atoms with E-state index >= 15 is 0 Å².